The SMILES string of the molecule is Cc1c(N)cnn1CC(=O)N1CCCC1. The Kier molecular flexibility index (Phi) is 2.62. The van der Waals surface area contributed by atoms with Crippen molar-refractivity contribution in [2.24, 2.45) is 0 Å². The van der Waals surface area contributed by atoms with Crippen LogP contribution in [0, 0.1) is 6.92 Å². The molecule has 0 unspecified atom stereocenters. The molecule has 0 spiro atoms. The zero-order valence-electron chi connectivity index (χ0n) is 8.94. The Hall–Kier alpha value is -1.52. The topological polar surface area (TPSA) is 64.1 Å². The second kappa shape index (κ2) is 3.92. The molecule has 15 heavy (non-hydrogen) atoms. The monoisotopic (exact) mass is 208 g/mol. The summed E-state index contributed by atoms with van der Waals surface area (Å²) in [6, 6.07) is 0. The van der Waals surface area contributed by atoms with Gasteiger partial charge in [-0.3, -0.25) is 9.48 Å². The van der Waals surface area contributed by atoms with Gasteiger partial charge >= 0.3 is 0 Å². The van der Waals surface area contributed by atoms with E-state index in [0.717, 1.165) is 31.6 Å². The summed E-state index contributed by atoms with van der Waals surface area (Å²) in [5.74, 6) is 0.138. The van der Waals surface area contributed by atoms with Crippen LogP contribution in [0.15, 0.2) is 6.20 Å². The summed E-state index contributed by atoms with van der Waals surface area (Å²) in [7, 11) is 0. The number of nitrogen functional groups attached to an aromatic ring is 1. The van der Waals surface area contributed by atoms with Crippen molar-refractivity contribution in [1.82, 2.24) is 14.7 Å². The first-order valence-electron chi connectivity index (χ1n) is 5.24. The third-order valence-corrected chi connectivity index (χ3v) is 2.88. The molecular weight excluding hydrogens is 192 g/mol. The maximum absolute atomic E-state index is 11.8. The quantitative estimate of drug-likeness (QED) is 0.765. The molecule has 5 heteroatoms. The standard InChI is InChI=1S/C10H16N4O/c1-8-9(11)6-12-14(8)7-10(15)13-4-2-3-5-13/h6H,2-5,7,11H2,1H3. The number of rotatable bonds is 2. The van der Waals surface area contributed by atoms with Gasteiger partial charge in [0.1, 0.15) is 6.54 Å². The highest BCUT2D eigenvalue weighted by Crippen LogP contribution is 2.11. The van der Waals surface area contributed by atoms with Crippen molar-refractivity contribution >= 4 is 11.6 Å². The maximum atomic E-state index is 11.8. The van der Waals surface area contributed by atoms with Crippen LogP contribution in [-0.4, -0.2) is 33.7 Å². The highest BCUT2D eigenvalue weighted by Gasteiger charge is 2.18. The molecule has 0 bridgehead atoms. The molecule has 1 fully saturated rings. The second-order valence-corrected chi connectivity index (χ2v) is 3.93. The fraction of sp³-hybridized carbons (Fsp3) is 0.600. The van der Waals surface area contributed by atoms with Crippen molar-refractivity contribution in [3.8, 4) is 0 Å². The van der Waals surface area contributed by atoms with Gasteiger partial charge in [-0.1, -0.05) is 0 Å². The van der Waals surface area contributed by atoms with E-state index < -0.39 is 0 Å². The minimum atomic E-state index is 0.138. The molecule has 1 aromatic heterocycles. The molecule has 1 aromatic rings. The average Bonchev–Trinajstić information content (AvgIpc) is 2.83. The number of anilines is 1. The summed E-state index contributed by atoms with van der Waals surface area (Å²) in [5, 5.41) is 4.07. The Morgan fingerprint density at radius 1 is 1.53 bits per heavy atom. The van der Waals surface area contributed by atoms with Gasteiger partial charge in [0.25, 0.3) is 0 Å². The Labute approximate surface area is 88.8 Å². The average molecular weight is 208 g/mol. The van der Waals surface area contributed by atoms with Crippen molar-refractivity contribution in [3.05, 3.63) is 11.9 Å². The van der Waals surface area contributed by atoms with Crippen LogP contribution >= 0.6 is 0 Å². The summed E-state index contributed by atoms with van der Waals surface area (Å²) in [6.45, 7) is 3.95. The van der Waals surface area contributed by atoms with Crippen molar-refractivity contribution < 1.29 is 4.79 Å². The van der Waals surface area contributed by atoms with Crippen molar-refractivity contribution in [2.45, 2.75) is 26.3 Å². The van der Waals surface area contributed by atoms with Gasteiger partial charge in [0, 0.05) is 13.1 Å². The molecule has 2 rings (SSSR count). The minimum Gasteiger partial charge on any atom is -0.396 e. The van der Waals surface area contributed by atoms with Gasteiger partial charge in [-0.25, -0.2) is 0 Å². The first-order valence-corrected chi connectivity index (χ1v) is 5.24. The Morgan fingerprint density at radius 3 is 2.73 bits per heavy atom. The van der Waals surface area contributed by atoms with Gasteiger partial charge in [0.15, 0.2) is 0 Å². The smallest absolute Gasteiger partial charge is 0.244 e. The van der Waals surface area contributed by atoms with E-state index in [2.05, 4.69) is 5.10 Å². The maximum Gasteiger partial charge on any atom is 0.244 e. The lowest BCUT2D eigenvalue weighted by Gasteiger charge is -2.15. The van der Waals surface area contributed by atoms with Crippen LogP contribution in [0.2, 0.25) is 0 Å². The number of aromatic nitrogens is 2. The van der Waals surface area contributed by atoms with E-state index in [0.29, 0.717) is 12.2 Å². The predicted octanol–water partition coefficient (Wildman–Crippen LogP) is 0.396. The molecular formula is C10H16N4O. The lowest BCUT2D eigenvalue weighted by atomic mass is 10.4. The van der Waals surface area contributed by atoms with E-state index >= 15 is 0 Å². The number of nitrogens with zero attached hydrogens (tertiary/aromatic N) is 3. The molecule has 1 saturated heterocycles. The number of carbonyl (C=O) groups excluding carboxylic acids is 1. The third kappa shape index (κ3) is 1.95. The molecule has 1 aliphatic heterocycles. The summed E-state index contributed by atoms with van der Waals surface area (Å²) in [6.07, 6.45) is 3.82. The van der Waals surface area contributed by atoms with Crippen LogP contribution < -0.4 is 5.73 Å². The minimum absolute atomic E-state index is 0.138. The van der Waals surface area contributed by atoms with Crippen molar-refractivity contribution in [3.63, 3.8) is 0 Å². The van der Waals surface area contributed by atoms with E-state index in [-0.39, 0.29) is 5.91 Å². The van der Waals surface area contributed by atoms with Crippen molar-refractivity contribution in [1.29, 1.82) is 0 Å². The summed E-state index contributed by atoms with van der Waals surface area (Å²) < 4.78 is 1.66. The van der Waals surface area contributed by atoms with Crippen molar-refractivity contribution in [2.75, 3.05) is 18.8 Å². The van der Waals surface area contributed by atoms with Gasteiger partial charge in [0.2, 0.25) is 5.91 Å². The van der Waals surface area contributed by atoms with Crippen LogP contribution in [-0.2, 0) is 11.3 Å². The first-order chi connectivity index (χ1) is 7.18. The fourth-order valence-electron chi connectivity index (χ4n) is 1.81. The first kappa shape index (κ1) is 10.0. The molecule has 2 N–H and O–H groups in total. The van der Waals surface area contributed by atoms with Gasteiger partial charge < -0.3 is 10.6 Å². The highest BCUT2D eigenvalue weighted by molar-refractivity contribution is 5.76. The molecule has 2 heterocycles. The highest BCUT2D eigenvalue weighted by atomic mass is 16.2. The number of hydrogen-bond acceptors (Lipinski definition) is 3. The van der Waals surface area contributed by atoms with E-state index in [9.17, 15) is 4.79 Å². The van der Waals surface area contributed by atoms with Crippen LogP contribution in [0.25, 0.3) is 0 Å². The number of amides is 1. The molecule has 0 saturated carbocycles. The summed E-state index contributed by atoms with van der Waals surface area (Å²) in [5.41, 5.74) is 7.17. The Balaban J connectivity index is 2.02. The van der Waals surface area contributed by atoms with Crippen LogP contribution in [0.5, 0.6) is 0 Å². The lowest BCUT2D eigenvalue weighted by molar-refractivity contribution is -0.130. The number of nitrogens with two attached hydrogens (primary N) is 1. The molecule has 0 aromatic carbocycles. The van der Waals surface area contributed by atoms with Gasteiger partial charge in [-0.05, 0) is 19.8 Å². The molecule has 0 aliphatic carbocycles. The molecule has 82 valence electrons. The van der Waals surface area contributed by atoms with E-state index in [1.165, 1.54) is 0 Å². The molecule has 1 aliphatic rings. The Morgan fingerprint density at radius 2 is 2.20 bits per heavy atom. The molecule has 0 radical (unpaired) electrons. The number of hydrogen-bond donors (Lipinski definition) is 1. The second-order valence-electron chi connectivity index (χ2n) is 3.93. The normalized spacial score (nSPS) is 15.9. The van der Waals surface area contributed by atoms with E-state index in [1.807, 2.05) is 11.8 Å². The fourth-order valence-corrected chi connectivity index (χ4v) is 1.81. The zero-order chi connectivity index (χ0) is 10.8. The van der Waals surface area contributed by atoms with Gasteiger partial charge in [-0.15, -0.1) is 0 Å². The lowest BCUT2D eigenvalue weighted by Crippen LogP contribution is -2.31. The Bertz CT molecular complexity index is 365. The van der Waals surface area contributed by atoms with E-state index in [4.69, 9.17) is 5.73 Å². The van der Waals surface area contributed by atoms with Crippen LogP contribution in [0.3, 0.4) is 0 Å². The van der Waals surface area contributed by atoms with Gasteiger partial charge in [0.05, 0.1) is 17.6 Å². The van der Waals surface area contributed by atoms with E-state index in [1.54, 1.807) is 10.9 Å². The molecule has 0 atom stereocenters. The zero-order valence-corrected chi connectivity index (χ0v) is 8.94. The largest absolute Gasteiger partial charge is 0.396 e. The summed E-state index contributed by atoms with van der Waals surface area (Å²) in [4.78, 5) is 13.7. The third-order valence-electron chi connectivity index (χ3n) is 2.88. The predicted molar refractivity (Wildman–Crippen MR) is 57.2 cm³/mol. The number of carbonyl (C=O) groups is 1. The molecule has 5 nitrogen and oxygen atoms in total. The van der Waals surface area contributed by atoms with Gasteiger partial charge in [-0.2, -0.15) is 5.10 Å². The van der Waals surface area contributed by atoms with Crippen LogP contribution in [0.1, 0.15) is 18.5 Å². The molecule has 1 amide bonds. The summed E-state index contributed by atoms with van der Waals surface area (Å²) >= 11 is 0. The van der Waals surface area contributed by atoms with Crippen LogP contribution in [0.4, 0.5) is 5.69 Å². The number of likely N-dealkylation sites (tertiary alicyclic amines) is 1.